The first-order valence-electron chi connectivity index (χ1n) is 7.06. The van der Waals surface area contributed by atoms with E-state index in [1.165, 1.54) is 31.4 Å². The van der Waals surface area contributed by atoms with E-state index in [0.29, 0.717) is 4.75 Å². The van der Waals surface area contributed by atoms with Crippen molar-refractivity contribution in [2.24, 2.45) is 0 Å². The Morgan fingerprint density at radius 2 is 2.22 bits per heavy atom. The van der Waals surface area contributed by atoms with Gasteiger partial charge in [-0.25, -0.2) is 0 Å². The number of aryl methyl sites for hydroxylation is 1. The normalized spacial score (nSPS) is 18.3. The average molecular weight is 267 g/mol. The van der Waals surface area contributed by atoms with Crippen LogP contribution < -0.4 is 5.32 Å². The Labute approximate surface area is 115 Å². The van der Waals surface area contributed by atoms with Crippen LogP contribution in [0.4, 0.5) is 0 Å². The number of hydrogen-bond acceptors (Lipinski definition) is 3. The summed E-state index contributed by atoms with van der Waals surface area (Å²) in [6, 6.07) is 2.13. The van der Waals surface area contributed by atoms with Gasteiger partial charge in [0.25, 0.3) is 0 Å². The highest BCUT2D eigenvalue weighted by Crippen LogP contribution is 2.39. The largest absolute Gasteiger partial charge is 0.310 e. The van der Waals surface area contributed by atoms with Crippen molar-refractivity contribution in [1.29, 1.82) is 0 Å². The van der Waals surface area contributed by atoms with Gasteiger partial charge in [-0.3, -0.25) is 4.68 Å². The summed E-state index contributed by atoms with van der Waals surface area (Å²) in [5.41, 5.74) is 1.31. The zero-order valence-electron chi connectivity index (χ0n) is 11.6. The van der Waals surface area contributed by atoms with Gasteiger partial charge in [-0.05, 0) is 31.6 Å². The van der Waals surface area contributed by atoms with Gasteiger partial charge in [-0.1, -0.05) is 19.8 Å². The zero-order chi connectivity index (χ0) is 12.8. The zero-order valence-corrected chi connectivity index (χ0v) is 12.4. The van der Waals surface area contributed by atoms with Crippen molar-refractivity contribution in [2.45, 2.75) is 56.9 Å². The molecule has 0 aromatic carbocycles. The van der Waals surface area contributed by atoms with Gasteiger partial charge in [0.05, 0.1) is 5.69 Å². The van der Waals surface area contributed by atoms with Crippen molar-refractivity contribution >= 4 is 11.8 Å². The number of nitrogens with one attached hydrogen (secondary N) is 1. The molecule has 2 rings (SSSR count). The SMILES string of the molecule is CCCn1nccc1CNCC1(SC)CCCC1. The highest BCUT2D eigenvalue weighted by molar-refractivity contribution is 8.00. The molecule has 1 aromatic heterocycles. The molecule has 0 bridgehead atoms. The molecular weight excluding hydrogens is 242 g/mol. The summed E-state index contributed by atoms with van der Waals surface area (Å²) < 4.78 is 2.61. The van der Waals surface area contributed by atoms with Gasteiger partial charge in [0, 0.05) is 30.6 Å². The van der Waals surface area contributed by atoms with E-state index in [1.54, 1.807) is 0 Å². The van der Waals surface area contributed by atoms with Crippen molar-refractivity contribution in [3.63, 3.8) is 0 Å². The Kier molecular flexibility index (Phi) is 5.13. The maximum Gasteiger partial charge on any atom is 0.0522 e. The molecule has 0 unspecified atom stereocenters. The molecular formula is C14H25N3S. The van der Waals surface area contributed by atoms with E-state index in [1.807, 2.05) is 18.0 Å². The van der Waals surface area contributed by atoms with Crippen LogP contribution in [-0.4, -0.2) is 27.3 Å². The molecule has 4 heteroatoms. The van der Waals surface area contributed by atoms with Gasteiger partial charge >= 0.3 is 0 Å². The molecule has 1 heterocycles. The van der Waals surface area contributed by atoms with Crippen LogP contribution in [0.1, 0.15) is 44.7 Å². The Balaban J connectivity index is 1.82. The summed E-state index contributed by atoms with van der Waals surface area (Å²) in [5, 5.41) is 8.00. The molecule has 0 spiro atoms. The quantitative estimate of drug-likeness (QED) is 0.823. The summed E-state index contributed by atoms with van der Waals surface area (Å²) in [6.45, 7) is 5.30. The number of nitrogens with zero attached hydrogens (tertiary/aromatic N) is 2. The third-order valence-corrected chi connectivity index (χ3v) is 5.36. The summed E-state index contributed by atoms with van der Waals surface area (Å²) in [5.74, 6) is 0. The van der Waals surface area contributed by atoms with Crippen LogP contribution in [-0.2, 0) is 13.1 Å². The van der Waals surface area contributed by atoms with Crippen molar-refractivity contribution < 1.29 is 0 Å². The molecule has 18 heavy (non-hydrogen) atoms. The third-order valence-electron chi connectivity index (χ3n) is 3.94. The van der Waals surface area contributed by atoms with Crippen LogP contribution >= 0.6 is 11.8 Å². The number of aromatic nitrogens is 2. The molecule has 102 valence electrons. The minimum Gasteiger partial charge on any atom is -0.310 e. The fraction of sp³-hybridized carbons (Fsp3) is 0.786. The van der Waals surface area contributed by atoms with Gasteiger partial charge < -0.3 is 5.32 Å². The van der Waals surface area contributed by atoms with Crippen LogP contribution in [0.25, 0.3) is 0 Å². The van der Waals surface area contributed by atoms with Crippen LogP contribution in [0, 0.1) is 0 Å². The number of thioether (sulfide) groups is 1. The lowest BCUT2D eigenvalue weighted by Crippen LogP contribution is -2.35. The predicted molar refractivity (Wildman–Crippen MR) is 78.9 cm³/mol. The molecule has 1 aliphatic carbocycles. The van der Waals surface area contributed by atoms with Gasteiger partial charge in [-0.15, -0.1) is 0 Å². The lowest BCUT2D eigenvalue weighted by Gasteiger charge is -2.27. The first-order chi connectivity index (χ1) is 8.79. The highest BCUT2D eigenvalue weighted by Gasteiger charge is 2.32. The van der Waals surface area contributed by atoms with E-state index in [-0.39, 0.29) is 0 Å². The van der Waals surface area contributed by atoms with Crippen LogP contribution in [0.5, 0.6) is 0 Å². The second kappa shape index (κ2) is 6.62. The smallest absolute Gasteiger partial charge is 0.0522 e. The van der Waals surface area contributed by atoms with E-state index >= 15 is 0 Å². The van der Waals surface area contributed by atoms with E-state index < -0.39 is 0 Å². The monoisotopic (exact) mass is 267 g/mol. The number of rotatable bonds is 7. The second-order valence-electron chi connectivity index (χ2n) is 5.24. The Morgan fingerprint density at radius 1 is 1.44 bits per heavy atom. The molecule has 0 saturated heterocycles. The van der Waals surface area contributed by atoms with Gasteiger partial charge in [0.2, 0.25) is 0 Å². The molecule has 0 amide bonds. The molecule has 3 nitrogen and oxygen atoms in total. The maximum absolute atomic E-state index is 4.37. The molecule has 1 saturated carbocycles. The van der Waals surface area contributed by atoms with E-state index in [9.17, 15) is 0 Å². The fourth-order valence-electron chi connectivity index (χ4n) is 2.81. The molecule has 0 aliphatic heterocycles. The first kappa shape index (κ1) is 13.9. The summed E-state index contributed by atoms with van der Waals surface area (Å²) >= 11 is 2.05. The molecule has 0 atom stereocenters. The molecule has 1 fully saturated rings. The van der Waals surface area contributed by atoms with E-state index in [4.69, 9.17) is 0 Å². The van der Waals surface area contributed by atoms with Crippen molar-refractivity contribution in [3.05, 3.63) is 18.0 Å². The lowest BCUT2D eigenvalue weighted by molar-refractivity contribution is 0.506. The van der Waals surface area contributed by atoms with Gasteiger partial charge in [0.15, 0.2) is 0 Å². The maximum atomic E-state index is 4.37. The average Bonchev–Trinajstić information content (AvgIpc) is 3.01. The van der Waals surface area contributed by atoms with Gasteiger partial charge in [-0.2, -0.15) is 16.9 Å². The summed E-state index contributed by atoms with van der Waals surface area (Å²) in [4.78, 5) is 0. The first-order valence-corrected chi connectivity index (χ1v) is 8.29. The Hall–Kier alpha value is -0.480. The third kappa shape index (κ3) is 3.29. The van der Waals surface area contributed by atoms with Crippen LogP contribution in [0.15, 0.2) is 12.3 Å². The number of hydrogen-bond donors (Lipinski definition) is 1. The van der Waals surface area contributed by atoms with E-state index in [2.05, 4.69) is 34.3 Å². The topological polar surface area (TPSA) is 29.9 Å². The summed E-state index contributed by atoms with van der Waals surface area (Å²) in [7, 11) is 0. The minimum atomic E-state index is 0.496. The van der Waals surface area contributed by atoms with Crippen LogP contribution in [0.3, 0.4) is 0 Å². The second-order valence-corrected chi connectivity index (χ2v) is 6.52. The van der Waals surface area contributed by atoms with E-state index in [0.717, 1.165) is 26.1 Å². The molecule has 1 aromatic rings. The van der Waals surface area contributed by atoms with Crippen molar-refractivity contribution in [3.8, 4) is 0 Å². The molecule has 0 radical (unpaired) electrons. The lowest BCUT2D eigenvalue weighted by atomic mass is 10.1. The molecule has 1 N–H and O–H groups in total. The predicted octanol–water partition coefficient (Wildman–Crippen LogP) is 3.06. The van der Waals surface area contributed by atoms with Crippen molar-refractivity contribution in [1.82, 2.24) is 15.1 Å². The Bertz CT molecular complexity index is 356. The fourth-order valence-corrected chi connectivity index (χ4v) is 3.76. The van der Waals surface area contributed by atoms with Gasteiger partial charge in [0.1, 0.15) is 0 Å². The van der Waals surface area contributed by atoms with Crippen molar-refractivity contribution in [2.75, 3.05) is 12.8 Å². The Morgan fingerprint density at radius 3 is 2.89 bits per heavy atom. The summed E-state index contributed by atoms with van der Waals surface area (Å²) in [6.07, 6.45) is 10.8. The minimum absolute atomic E-state index is 0.496. The van der Waals surface area contributed by atoms with Crippen LogP contribution in [0.2, 0.25) is 0 Å². The standard InChI is InChI=1S/C14H25N3S/c1-3-10-17-13(6-9-16-17)11-15-12-14(18-2)7-4-5-8-14/h6,9,15H,3-5,7-8,10-12H2,1-2H3. The highest BCUT2D eigenvalue weighted by atomic mass is 32.2. The molecule has 1 aliphatic rings.